The van der Waals surface area contributed by atoms with Crippen molar-refractivity contribution in [2.45, 2.75) is 6.18 Å². The van der Waals surface area contributed by atoms with Gasteiger partial charge in [0.25, 0.3) is 0 Å². The summed E-state index contributed by atoms with van der Waals surface area (Å²) in [6.07, 6.45) is -4.55. The van der Waals surface area contributed by atoms with Gasteiger partial charge in [0.15, 0.2) is 5.82 Å². The van der Waals surface area contributed by atoms with Crippen LogP contribution in [0.15, 0.2) is 267 Å². The van der Waals surface area contributed by atoms with Crippen LogP contribution in [-0.4, -0.2) is 23.7 Å². The van der Waals surface area contributed by atoms with E-state index in [-0.39, 0.29) is 0 Å². The fourth-order valence-electron chi connectivity index (χ4n) is 11.9. The molecule has 5 nitrogen and oxygen atoms in total. The number of fused-ring (bicyclic) bond motifs is 9. The molecule has 0 aliphatic rings. The minimum absolute atomic E-state index is 0.500. The predicted octanol–water partition coefficient (Wildman–Crippen LogP) is 19.1. The van der Waals surface area contributed by atoms with E-state index in [4.69, 9.17) is 9.97 Å². The Bertz CT molecular complexity index is 4550. The molecular formula is C71H44F3N5. The van der Waals surface area contributed by atoms with E-state index in [0.29, 0.717) is 27.8 Å². The van der Waals surface area contributed by atoms with Crippen molar-refractivity contribution in [3.8, 4) is 73.2 Å². The van der Waals surface area contributed by atoms with Gasteiger partial charge in [-0.1, -0.05) is 176 Å². The molecule has 0 saturated carbocycles. The van der Waals surface area contributed by atoms with E-state index >= 15 is 0 Å². The number of nitrogens with zero attached hydrogens (tertiary/aromatic N) is 5. The zero-order valence-corrected chi connectivity index (χ0v) is 42.3. The Morgan fingerprint density at radius 1 is 0.278 bits per heavy atom. The van der Waals surface area contributed by atoms with Gasteiger partial charge in [-0.3, -0.25) is 0 Å². The van der Waals surface area contributed by atoms with Gasteiger partial charge < -0.3 is 13.7 Å². The second-order valence-electron chi connectivity index (χ2n) is 20.0. The van der Waals surface area contributed by atoms with Crippen LogP contribution >= 0.6 is 0 Å². The van der Waals surface area contributed by atoms with E-state index in [1.54, 1.807) is 6.07 Å². The number of rotatable bonds is 8. The van der Waals surface area contributed by atoms with Gasteiger partial charge in [-0.15, -0.1) is 0 Å². The standard InChI is InChI=1S/C71H44F3N5/c72-71(73,74)50-37-38-68-60(43-50)57-31-11-16-36-67(57)79(68)69-58(47-23-17-25-51(39-47)77-63-32-12-7-27-53(63)54-28-8-13-33-64(54)77)41-49(62-44-61(45-19-3-1-4-20-45)75-70(76-62)46-21-5-2-6-22-46)42-59(69)48-24-18-26-52(40-48)78-65-34-14-9-29-55(65)56-30-10-15-35-66(56)78/h1-44H. The summed E-state index contributed by atoms with van der Waals surface area (Å²) in [5.41, 5.74) is 15.3. The van der Waals surface area contributed by atoms with Crippen molar-refractivity contribution in [2.24, 2.45) is 0 Å². The first kappa shape index (κ1) is 46.0. The van der Waals surface area contributed by atoms with Crippen LogP contribution in [0.2, 0.25) is 0 Å². The zero-order chi connectivity index (χ0) is 52.8. The minimum Gasteiger partial charge on any atom is -0.309 e. The smallest absolute Gasteiger partial charge is 0.309 e. The van der Waals surface area contributed by atoms with Crippen LogP contribution in [0, 0.1) is 0 Å². The normalized spacial score (nSPS) is 12.0. The third-order valence-electron chi connectivity index (χ3n) is 15.4. The van der Waals surface area contributed by atoms with Crippen LogP contribution in [0.3, 0.4) is 0 Å². The summed E-state index contributed by atoms with van der Waals surface area (Å²) in [7, 11) is 0. The third-order valence-corrected chi connectivity index (χ3v) is 15.4. The summed E-state index contributed by atoms with van der Waals surface area (Å²) >= 11 is 0. The molecule has 79 heavy (non-hydrogen) atoms. The Kier molecular flexibility index (Phi) is 10.6. The van der Waals surface area contributed by atoms with E-state index < -0.39 is 11.7 Å². The lowest BCUT2D eigenvalue weighted by Crippen LogP contribution is -2.05. The molecule has 15 aromatic rings. The highest BCUT2D eigenvalue weighted by molar-refractivity contribution is 6.13. The number of aromatic nitrogens is 5. The van der Waals surface area contributed by atoms with Crippen molar-refractivity contribution < 1.29 is 13.2 Å². The first-order chi connectivity index (χ1) is 38.8. The lowest BCUT2D eigenvalue weighted by atomic mass is 9.91. The molecule has 4 heterocycles. The van der Waals surface area contributed by atoms with Crippen molar-refractivity contribution in [3.05, 3.63) is 272 Å². The molecular weight excluding hydrogens is 980 g/mol. The van der Waals surface area contributed by atoms with Gasteiger partial charge in [0.2, 0.25) is 0 Å². The molecule has 0 spiro atoms. The SMILES string of the molecule is FC(F)(F)c1ccc2c(c1)c1ccccc1n2-c1c(-c2cccc(-n3c4ccccc4c4ccccc43)c2)cc(-c2cc(-c3ccccc3)nc(-c3ccccc3)n2)cc1-c1cccc(-n2c3ccccc3c3ccccc32)c1. The fourth-order valence-corrected chi connectivity index (χ4v) is 11.9. The predicted molar refractivity (Wildman–Crippen MR) is 317 cm³/mol. The quantitative estimate of drug-likeness (QED) is 0.152. The Morgan fingerprint density at radius 3 is 1.13 bits per heavy atom. The van der Waals surface area contributed by atoms with Crippen LogP contribution < -0.4 is 0 Å². The molecule has 0 aliphatic heterocycles. The average molecular weight is 1020 g/mol. The highest BCUT2D eigenvalue weighted by atomic mass is 19.4. The lowest BCUT2D eigenvalue weighted by molar-refractivity contribution is -0.137. The van der Waals surface area contributed by atoms with Crippen molar-refractivity contribution in [1.29, 1.82) is 0 Å². The maximum absolute atomic E-state index is 14.8. The molecule has 0 saturated heterocycles. The Labute approximate surface area is 452 Å². The molecule has 0 radical (unpaired) electrons. The molecule has 0 bridgehead atoms. The molecule has 0 fully saturated rings. The van der Waals surface area contributed by atoms with Crippen molar-refractivity contribution in [3.63, 3.8) is 0 Å². The average Bonchev–Trinajstić information content (AvgIpc) is 4.21. The number of para-hydroxylation sites is 5. The zero-order valence-electron chi connectivity index (χ0n) is 42.3. The van der Waals surface area contributed by atoms with Gasteiger partial charge in [-0.05, 0) is 102 Å². The van der Waals surface area contributed by atoms with E-state index in [9.17, 15) is 13.2 Å². The summed E-state index contributed by atoms with van der Waals surface area (Å²) < 4.78 is 51.1. The van der Waals surface area contributed by atoms with Crippen LogP contribution in [-0.2, 0) is 6.18 Å². The summed E-state index contributed by atoms with van der Waals surface area (Å²) in [4.78, 5) is 10.6. The second kappa shape index (κ2) is 18.2. The number of alkyl halides is 3. The van der Waals surface area contributed by atoms with Gasteiger partial charge in [-0.2, -0.15) is 13.2 Å². The fraction of sp³-hybridized carbons (Fsp3) is 0.0141. The molecule has 374 valence electrons. The van der Waals surface area contributed by atoms with E-state index in [1.165, 1.54) is 12.1 Å². The first-order valence-electron chi connectivity index (χ1n) is 26.3. The number of benzene rings is 11. The molecule has 0 atom stereocenters. The van der Waals surface area contributed by atoms with Crippen LogP contribution in [0.5, 0.6) is 0 Å². The number of hydrogen-bond donors (Lipinski definition) is 0. The summed E-state index contributed by atoms with van der Waals surface area (Å²) in [6.45, 7) is 0. The highest BCUT2D eigenvalue weighted by Gasteiger charge is 2.32. The van der Waals surface area contributed by atoms with Crippen LogP contribution in [0.4, 0.5) is 13.2 Å². The number of hydrogen-bond acceptors (Lipinski definition) is 2. The topological polar surface area (TPSA) is 40.6 Å². The van der Waals surface area contributed by atoms with Gasteiger partial charge in [-0.25, -0.2) is 9.97 Å². The largest absolute Gasteiger partial charge is 0.416 e. The van der Waals surface area contributed by atoms with Gasteiger partial charge in [0, 0.05) is 71.5 Å². The molecule has 15 rings (SSSR count). The second-order valence-corrected chi connectivity index (χ2v) is 20.0. The lowest BCUT2D eigenvalue weighted by Gasteiger charge is -2.22. The summed E-state index contributed by atoms with van der Waals surface area (Å²) in [6, 6.07) is 89.7. The van der Waals surface area contributed by atoms with Gasteiger partial charge in [0.05, 0.1) is 55.7 Å². The third kappa shape index (κ3) is 7.63. The van der Waals surface area contributed by atoms with Crippen LogP contribution in [0.1, 0.15) is 5.56 Å². The van der Waals surface area contributed by atoms with Crippen molar-refractivity contribution >= 4 is 65.4 Å². The van der Waals surface area contributed by atoms with E-state index in [0.717, 1.165) is 111 Å². The molecule has 0 amide bonds. The Morgan fingerprint density at radius 2 is 0.658 bits per heavy atom. The Balaban J connectivity index is 1.08. The molecule has 0 aliphatic carbocycles. The van der Waals surface area contributed by atoms with Gasteiger partial charge in [0.1, 0.15) is 0 Å². The molecule has 11 aromatic carbocycles. The van der Waals surface area contributed by atoms with Crippen molar-refractivity contribution in [2.75, 3.05) is 0 Å². The van der Waals surface area contributed by atoms with Crippen molar-refractivity contribution in [1.82, 2.24) is 23.7 Å². The molecule has 0 N–H and O–H groups in total. The highest BCUT2D eigenvalue weighted by Crippen LogP contribution is 2.47. The Hall–Kier alpha value is -10.3. The maximum atomic E-state index is 14.8. The maximum Gasteiger partial charge on any atom is 0.416 e. The molecule has 8 heteroatoms. The molecule has 0 unspecified atom stereocenters. The summed E-state index contributed by atoms with van der Waals surface area (Å²) in [5.74, 6) is 0.578. The molecule has 4 aromatic heterocycles. The van der Waals surface area contributed by atoms with Crippen LogP contribution in [0.25, 0.3) is 139 Å². The minimum atomic E-state index is -4.55. The first-order valence-corrected chi connectivity index (χ1v) is 26.3. The summed E-state index contributed by atoms with van der Waals surface area (Å²) in [5, 5.41) is 5.79. The van der Waals surface area contributed by atoms with E-state index in [1.807, 2.05) is 72.8 Å². The monoisotopic (exact) mass is 1020 g/mol. The van der Waals surface area contributed by atoms with E-state index in [2.05, 4.69) is 190 Å². The van der Waals surface area contributed by atoms with Gasteiger partial charge >= 0.3 is 6.18 Å². The number of halogens is 3.